The number of nitrogens with one attached hydrogen (secondary N) is 1. The monoisotopic (exact) mass is 356 g/mol. The van der Waals surface area contributed by atoms with E-state index in [0.717, 1.165) is 37.6 Å². The van der Waals surface area contributed by atoms with Crippen molar-refractivity contribution in [3.05, 3.63) is 42.1 Å². The minimum absolute atomic E-state index is 0.0242. The second kappa shape index (κ2) is 8.05. The van der Waals surface area contributed by atoms with Crippen molar-refractivity contribution in [3.8, 4) is 11.5 Å². The van der Waals surface area contributed by atoms with E-state index in [1.807, 2.05) is 23.1 Å². The molecule has 7 nitrogen and oxygen atoms in total. The van der Waals surface area contributed by atoms with Gasteiger partial charge in [0.05, 0.1) is 25.5 Å². The van der Waals surface area contributed by atoms with Crippen LogP contribution in [0.25, 0.3) is 0 Å². The summed E-state index contributed by atoms with van der Waals surface area (Å²) in [5.41, 5.74) is 1.34. The largest absolute Gasteiger partial charge is 0.497 e. The Morgan fingerprint density at radius 3 is 2.46 bits per heavy atom. The number of carbonyl (C=O) groups is 1. The van der Waals surface area contributed by atoms with Crippen molar-refractivity contribution >= 4 is 17.4 Å². The lowest BCUT2D eigenvalue weighted by Gasteiger charge is -2.32. The van der Waals surface area contributed by atoms with E-state index in [2.05, 4.69) is 22.2 Å². The van der Waals surface area contributed by atoms with Gasteiger partial charge in [-0.3, -0.25) is 4.79 Å². The zero-order chi connectivity index (χ0) is 18.5. The molecule has 1 fully saturated rings. The number of hydrogen-bond donors (Lipinski definition) is 1. The van der Waals surface area contributed by atoms with Crippen LogP contribution in [0.5, 0.6) is 11.5 Å². The first-order valence-corrected chi connectivity index (χ1v) is 8.53. The second-order valence-electron chi connectivity index (χ2n) is 6.22. The highest BCUT2D eigenvalue weighted by atomic mass is 16.5. The number of carbonyl (C=O) groups excluding carboxylic acids is 1. The molecule has 1 aliphatic heterocycles. The summed E-state index contributed by atoms with van der Waals surface area (Å²) in [6, 6.07) is 9.08. The molecule has 1 aromatic heterocycles. The first kappa shape index (κ1) is 18.0. The Morgan fingerprint density at radius 1 is 1.08 bits per heavy atom. The Hall–Kier alpha value is -2.80. The Bertz CT molecular complexity index is 756. The summed E-state index contributed by atoms with van der Waals surface area (Å²) in [5.74, 6) is 2.06. The van der Waals surface area contributed by atoms with Crippen molar-refractivity contribution in [3.63, 3.8) is 0 Å². The number of amides is 1. The van der Waals surface area contributed by atoms with Gasteiger partial charge in [-0.2, -0.15) is 0 Å². The zero-order valence-electron chi connectivity index (χ0n) is 15.4. The van der Waals surface area contributed by atoms with Gasteiger partial charge >= 0.3 is 0 Å². The molecule has 1 saturated heterocycles. The Morgan fingerprint density at radius 2 is 1.85 bits per heavy atom. The summed E-state index contributed by atoms with van der Waals surface area (Å²) < 4.78 is 10.6. The molecule has 0 saturated carbocycles. The maximum atomic E-state index is 12.6. The molecule has 0 bridgehead atoms. The van der Waals surface area contributed by atoms with E-state index in [-0.39, 0.29) is 5.91 Å². The van der Waals surface area contributed by atoms with Gasteiger partial charge in [-0.15, -0.1) is 0 Å². The summed E-state index contributed by atoms with van der Waals surface area (Å²) in [5, 5.41) is 3.20. The lowest BCUT2D eigenvalue weighted by atomic mass is 10.2. The van der Waals surface area contributed by atoms with Crippen molar-refractivity contribution in [2.45, 2.75) is 0 Å². The van der Waals surface area contributed by atoms with Crippen molar-refractivity contribution in [1.82, 2.24) is 14.8 Å². The van der Waals surface area contributed by atoms with E-state index in [1.165, 1.54) is 0 Å². The van der Waals surface area contributed by atoms with Gasteiger partial charge in [-0.25, -0.2) is 4.98 Å². The van der Waals surface area contributed by atoms with Crippen LogP contribution in [-0.2, 0) is 0 Å². The third-order valence-corrected chi connectivity index (χ3v) is 4.47. The summed E-state index contributed by atoms with van der Waals surface area (Å²) in [6.07, 6.45) is 1.61. The van der Waals surface area contributed by atoms with Crippen molar-refractivity contribution in [2.75, 3.05) is 52.8 Å². The number of likely N-dealkylation sites (N-methyl/N-ethyl adjacent to an activating group) is 1. The molecule has 1 aliphatic rings. The lowest BCUT2D eigenvalue weighted by molar-refractivity contribution is 0.0663. The molecule has 3 rings (SSSR count). The van der Waals surface area contributed by atoms with Crippen LogP contribution in [0.4, 0.5) is 11.5 Å². The molecule has 1 amide bonds. The summed E-state index contributed by atoms with van der Waals surface area (Å²) >= 11 is 0. The van der Waals surface area contributed by atoms with E-state index >= 15 is 0 Å². The molecule has 0 unspecified atom stereocenters. The van der Waals surface area contributed by atoms with Gasteiger partial charge in [0.2, 0.25) is 0 Å². The van der Waals surface area contributed by atoms with Gasteiger partial charge in [-0.05, 0) is 31.3 Å². The zero-order valence-corrected chi connectivity index (χ0v) is 15.4. The van der Waals surface area contributed by atoms with Crippen LogP contribution >= 0.6 is 0 Å². The fraction of sp³-hybridized carbons (Fsp3) is 0.368. The molecule has 2 aromatic rings. The van der Waals surface area contributed by atoms with E-state index in [9.17, 15) is 4.79 Å². The highest BCUT2D eigenvalue weighted by Gasteiger charge is 2.20. The SMILES string of the molecule is COc1ccc(OC)c(Nc2ccc(C(=O)N3CCN(C)CC3)cn2)c1. The molecule has 1 aromatic carbocycles. The molecular weight excluding hydrogens is 332 g/mol. The molecule has 0 atom stereocenters. The van der Waals surface area contributed by atoms with E-state index in [1.54, 1.807) is 32.5 Å². The quantitative estimate of drug-likeness (QED) is 0.886. The number of rotatable bonds is 5. The third kappa shape index (κ3) is 4.05. The molecule has 7 heteroatoms. The van der Waals surface area contributed by atoms with Crippen LogP contribution in [0.15, 0.2) is 36.5 Å². The second-order valence-corrected chi connectivity index (χ2v) is 6.22. The van der Waals surface area contributed by atoms with E-state index in [4.69, 9.17) is 9.47 Å². The topological polar surface area (TPSA) is 66.9 Å². The Balaban J connectivity index is 1.71. The van der Waals surface area contributed by atoms with Crippen molar-refractivity contribution in [2.24, 2.45) is 0 Å². The Labute approximate surface area is 153 Å². The molecule has 138 valence electrons. The number of methoxy groups -OCH3 is 2. The van der Waals surface area contributed by atoms with Crippen LogP contribution in [0.2, 0.25) is 0 Å². The smallest absolute Gasteiger partial charge is 0.255 e. The molecule has 1 N–H and O–H groups in total. The standard InChI is InChI=1S/C19H24N4O3/c1-22-8-10-23(11-9-22)19(24)14-4-7-18(20-13-14)21-16-12-15(25-2)5-6-17(16)26-3/h4-7,12-13H,8-11H2,1-3H3,(H,20,21). The molecule has 26 heavy (non-hydrogen) atoms. The van der Waals surface area contributed by atoms with Crippen LogP contribution in [0.3, 0.4) is 0 Å². The van der Waals surface area contributed by atoms with Crippen molar-refractivity contribution < 1.29 is 14.3 Å². The predicted octanol–water partition coefficient (Wildman–Crippen LogP) is 2.23. The number of hydrogen-bond acceptors (Lipinski definition) is 6. The first-order valence-electron chi connectivity index (χ1n) is 8.53. The predicted molar refractivity (Wildman–Crippen MR) is 100 cm³/mol. The van der Waals surface area contributed by atoms with Gasteiger partial charge in [-0.1, -0.05) is 0 Å². The van der Waals surface area contributed by atoms with Crippen LogP contribution in [0.1, 0.15) is 10.4 Å². The van der Waals surface area contributed by atoms with Crippen LogP contribution in [-0.4, -0.2) is 68.1 Å². The van der Waals surface area contributed by atoms with Crippen LogP contribution < -0.4 is 14.8 Å². The van der Waals surface area contributed by atoms with Gasteiger partial charge in [0.15, 0.2) is 0 Å². The fourth-order valence-corrected chi connectivity index (χ4v) is 2.84. The maximum Gasteiger partial charge on any atom is 0.255 e. The minimum atomic E-state index is 0.0242. The van der Waals surface area contributed by atoms with Gasteiger partial charge in [0.1, 0.15) is 17.3 Å². The molecule has 0 radical (unpaired) electrons. The molecule has 2 heterocycles. The number of anilines is 2. The first-order chi connectivity index (χ1) is 12.6. The average Bonchev–Trinajstić information content (AvgIpc) is 2.68. The van der Waals surface area contributed by atoms with Gasteiger partial charge in [0.25, 0.3) is 5.91 Å². The number of ether oxygens (including phenoxy) is 2. The molecule has 0 spiro atoms. The average molecular weight is 356 g/mol. The summed E-state index contributed by atoms with van der Waals surface area (Å²) in [4.78, 5) is 21.0. The summed E-state index contributed by atoms with van der Waals surface area (Å²) in [7, 11) is 5.29. The van der Waals surface area contributed by atoms with E-state index in [0.29, 0.717) is 17.1 Å². The Kier molecular flexibility index (Phi) is 5.58. The lowest BCUT2D eigenvalue weighted by Crippen LogP contribution is -2.47. The van der Waals surface area contributed by atoms with Gasteiger partial charge in [0, 0.05) is 38.4 Å². The highest BCUT2D eigenvalue weighted by molar-refractivity contribution is 5.94. The van der Waals surface area contributed by atoms with Crippen molar-refractivity contribution in [1.29, 1.82) is 0 Å². The maximum absolute atomic E-state index is 12.6. The molecular formula is C19H24N4O3. The number of aromatic nitrogens is 1. The summed E-state index contributed by atoms with van der Waals surface area (Å²) in [6.45, 7) is 3.29. The normalized spacial score (nSPS) is 14.8. The van der Waals surface area contributed by atoms with E-state index < -0.39 is 0 Å². The fourth-order valence-electron chi connectivity index (χ4n) is 2.84. The molecule has 0 aliphatic carbocycles. The number of pyridine rings is 1. The van der Waals surface area contributed by atoms with Crippen LogP contribution in [0, 0.1) is 0 Å². The number of benzene rings is 1. The number of nitrogens with zero attached hydrogens (tertiary/aromatic N) is 3. The van der Waals surface area contributed by atoms with Gasteiger partial charge < -0.3 is 24.6 Å². The highest BCUT2D eigenvalue weighted by Crippen LogP contribution is 2.31. The minimum Gasteiger partial charge on any atom is -0.497 e. The third-order valence-electron chi connectivity index (χ3n) is 4.47. The number of piperazine rings is 1.